The summed E-state index contributed by atoms with van der Waals surface area (Å²) >= 11 is 30.2. The number of non-ortho nitro benzene ring substituents is 1. The monoisotopic (exact) mass is 589 g/mol. The van der Waals surface area contributed by atoms with Crippen molar-refractivity contribution in [3.8, 4) is 5.75 Å². The molecule has 0 heterocycles. The zero-order valence-corrected chi connectivity index (χ0v) is 21.5. The number of ether oxygens (including phenoxy) is 2. The van der Waals surface area contributed by atoms with Gasteiger partial charge < -0.3 is 9.47 Å². The number of nitrogens with zero attached hydrogens (tertiary/aromatic N) is 1. The Morgan fingerprint density at radius 1 is 0.778 bits per heavy atom. The molecule has 3 aromatic rings. The van der Waals surface area contributed by atoms with Crippen molar-refractivity contribution in [1.29, 1.82) is 0 Å². The van der Waals surface area contributed by atoms with E-state index in [9.17, 15) is 24.5 Å². The van der Waals surface area contributed by atoms with Crippen molar-refractivity contribution in [2.75, 3.05) is 6.61 Å². The third-order valence-electron chi connectivity index (χ3n) is 4.72. The normalized spacial score (nSPS) is 11.5. The molecule has 0 aromatic heterocycles. The molecule has 0 amide bonds. The van der Waals surface area contributed by atoms with E-state index in [1.165, 1.54) is 24.3 Å². The van der Waals surface area contributed by atoms with E-state index in [1.54, 1.807) is 18.2 Å². The minimum absolute atomic E-state index is 0.0660. The molecule has 1 atom stereocenters. The molecule has 0 aliphatic heterocycles. The predicted octanol–water partition coefficient (Wildman–Crippen LogP) is 6.98. The standard InChI is InChI=1S/C23H12Cl5NO7/c24-16-17(25)19(27)21(20(28)18(16)26)36-23(32)15(12-4-2-1-3-5-12)22(31)35-10-14(30)11-6-8-13(9-7-11)29(33)34/h1-9,15H,10H2. The van der Waals surface area contributed by atoms with Gasteiger partial charge >= 0.3 is 11.9 Å². The van der Waals surface area contributed by atoms with Gasteiger partial charge in [-0.3, -0.25) is 24.5 Å². The number of rotatable bonds is 8. The predicted molar refractivity (Wildman–Crippen MR) is 135 cm³/mol. The van der Waals surface area contributed by atoms with Gasteiger partial charge in [-0.2, -0.15) is 0 Å². The largest absolute Gasteiger partial charge is 0.456 e. The number of hydrogen-bond acceptors (Lipinski definition) is 7. The molecule has 0 aliphatic carbocycles. The summed E-state index contributed by atoms with van der Waals surface area (Å²) in [5.41, 5.74) is 0.0418. The lowest BCUT2D eigenvalue weighted by Crippen LogP contribution is -2.29. The van der Waals surface area contributed by atoms with E-state index in [0.29, 0.717) is 0 Å². The van der Waals surface area contributed by atoms with Gasteiger partial charge in [0.25, 0.3) is 5.69 Å². The first-order valence-corrected chi connectivity index (χ1v) is 11.6. The molecule has 1 unspecified atom stereocenters. The van der Waals surface area contributed by atoms with E-state index in [2.05, 4.69) is 0 Å². The van der Waals surface area contributed by atoms with Gasteiger partial charge in [0.15, 0.2) is 24.1 Å². The molecule has 0 aliphatic rings. The first-order chi connectivity index (χ1) is 17.0. The van der Waals surface area contributed by atoms with Gasteiger partial charge in [-0.25, -0.2) is 0 Å². The summed E-state index contributed by atoms with van der Waals surface area (Å²) in [4.78, 5) is 48.5. The van der Waals surface area contributed by atoms with Crippen LogP contribution in [0.2, 0.25) is 25.1 Å². The van der Waals surface area contributed by atoms with Gasteiger partial charge in [-0.05, 0) is 17.7 Å². The van der Waals surface area contributed by atoms with Crippen molar-refractivity contribution in [2.45, 2.75) is 5.92 Å². The van der Waals surface area contributed by atoms with E-state index in [-0.39, 0.29) is 41.9 Å². The molecule has 3 rings (SSSR count). The Morgan fingerprint density at radius 2 is 1.31 bits per heavy atom. The summed E-state index contributed by atoms with van der Waals surface area (Å²) < 4.78 is 10.4. The summed E-state index contributed by atoms with van der Waals surface area (Å²) in [5, 5.41) is 9.56. The van der Waals surface area contributed by atoms with E-state index in [4.69, 9.17) is 67.5 Å². The number of esters is 2. The fourth-order valence-electron chi connectivity index (χ4n) is 2.92. The van der Waals surface area contributed by atoms with Gasteiger partial charge in [0.1, 0.15) is 10.0 Å². The van der Waals surface area contributed by atoms with Gasteiger partial charge in [-0.1, -0.05) is 88.3 Å². The lowest BCUT2D eigenvalue weighted by atomic mass is 9.99. The Labute approximate surface area is 228 Å². The highest BCUT2D eigenvalue weighted by Gasteiger charge is 2.34. The van der Waals surface area contributed by atoms with E-state index < -0.39 is 40.9 Å². The van der Waals surface area contributed by atoms with Gasteiger partial charge in [-0.15, -0.1) is 0 Å². The smallest absolute Gasteiger partial charge is 0.330 e. The SMILES string of the molecule is O=C(COC(=O)C(C(=O)Oc1c(Cl)c(Cl)c(Cl)c(Cl)c1Cl)c1ccccc1)c1ccc([N+](=O)[O-])cc1. The summed E-state index contributed by atoms with van der Waals surface area (Å²) in [7, 11) is 0. The van der Waals surface area contributed by atoms with Gasteiger partial charge in [0.05, 0.1) is 20.0 Å². The van der Waals surface area contributed by atoms with Crippen molar-refractivity contribution < 1.29 is 28.8 Å². The van der Waals surface area contributed by atoms with Crippen LogP contribution in [0.4, 0.5) is 5.69 Å². The Bertz CT molecular complexity index is 1320. The Hall–Kier alpha value is -2.88. The van der Waals surface area contributed by atoms with Crippen LogP contribution in [0, 0.1) is 10.1 Å². The Morgan fingerprint density at radius 3 is 1.83 bits per heavy atom. The number of carbonyl (C=O) groups excluding carboxylic acids is 3. The van der Waals surface area contributed by atoms with Crippen molar-refractivity contribution >= 4 is 81.4 Å². The number of hydrogen-bond donors (Lipinski definition) is 0. The second-order valence-electron chi connectivity index (χ2n) is 7.00. The molecule has 0 fully saturated rings. The summed E-state index contributed by atoms with van der Waals surface area (Å²) in [5.74, 6) is -4.97. The molecule has 0 bridgehead atoms. The van der Waals surface area contributed by atoms with Crippen LogP contribution in [0.15, 0.2) is 54.6 Å². The molecular formula is C23H12Cl5NO7. The van der Waals surface area contributed by atoms with Crippen LogP contribution in [-0.4, -0.2) is 29.3 Å². The maximum absolute atomic E-state index is 13.1. The molecule has 0 saturated carbocycles. The fourth-order valence-corrected chi connectivity index (χ4v) is 4.12. The third-order valence-corrected chi connectivity index (χ3v) is 6.96. The number of benzene rings is 3. The average Bonchev–Trinajstić information content (AvgIpc) is 2.88. The van der Waals surface area contributed by atoms with Crippen molar-refractivity contribution in [2.24, 2.45) is 0 Å². The topological polar surface area (TPSA) is 113 Å². The minimum Gasteiger partial charge on any atom is -0.456 e. The zero-order valence-electron chi connectivity index (χ0n) is 17.7. The summed E-state index contributed by atoms with van der Waals surface area (Å²) in [6, 6.07) is 12.4. The van der Waals surface area contributed by atoms with Crippen molar-refractivity contribution in [3.05, 3.63) is 101 Å². The maximum atomic E-state index is 13.1. The first kappa shape index (κ1) is 27.7. The molecule has 13 heteroatoms. The van der Waals surface area contributed by atoms with Crippen LogP contribution >= 0.6 is 58.0 Å². The highest BCUT2D eigenvalue weighted by Crippen LogP contribution is 2.48. The first-order valence-electron chi connectivity index (χ1n) is 9.75. The lowest BCUT2D eigenvalue weighted by Gasteiger charge is -2.17. The summed E-state index contributed by atoms with van der Waals surface area (Å²) in [6.45, 7) is -0.743. The molecule has 3 aromatic carbocycles. The van der Waals surface area contributed by atoms with Crippen molar-refractivity contribution in [3.63, 3.8) is 0 Å². The number of ketones is 1. The molecule has 0 spiro atoms. The lowest BCUT2D eigenvalue weighted by molar-refractivity contribution is -0.384. The van der Waals surface area contributed by atoms with E-state index in [0.717, 1.165) is 12.1 Å². The van der Waals surface area contributed by atoms with Crippen LogP contribution in [0.1, 0.15) is 21.8 Å². The average molecular weight is 592 g/mol. The number of halogens is 5. The van der Waals surface area contributed by atoms with Crippen LogP contribution in [0.3, 0.4) is 0 Å². The van der Waals surface area contributed by atoms with Crippen LogP contribution in [0.25, 0.3) is 0 Å². The molecule has 36 heavy (non-hydrogen) atoms. The van der Waals surface area contributed by atoms with Crippen LogP contribution < -0.4 is 4.74 Å². The van der Waals surface area contributed by atoms with E-state index >= 15 is 0 Å². The fraction of sp³-hybridized carbons (Fsp3) is 0.0870. The Balaban J connectivity index is 1.83. The molecule has 0 radical (unpaired) electrons. The zero-order chi connectivity index (χ0) is 26.6. The van der Waals surface area contributed by atoms with Crippen molar-refractivity contribution in [1.82, 2.24) is 0 Å². The molecular weight excluding hydrogens is 580 g/mol. The number of nitro benzene ring substituents is 1. The second kappa shape index (κ2) is 11.9. The highest BCUT2D eigenvalue weighted by molar-refractivity contribution is 6.55. The molecule has 0 saturated heterocycles. The third kappa shape index (κ3) is 6.08. The molecule has 186 valence electrons. The van der Waals surface area contributed by atoms with Gasteiger partial charge in [0, 0.05) is 17.7 Å². The Kier molecular flexibility index (Phi) is 9.16. The van der Waals surface area contributed by atoms with Gasteiger partial charge in [0.2, 0.25) is 0 Å². The molecule has 8 nitrogen and oxygen atoms in total. The maximum Gasteiger partial charge on any atom is 0.330 e. The van der Waals surface area contributed by atoms with Crippen LogP contribution in [0.5, 0.6) is 5.75 Å². The highest BCUT2D eigenvalue weighted by atomic mass is 35.5. The minimum atomic E-state index is -1.64. The van der Waals surface area contributed by atoms with Crippen LogP contribution in [-0.2, 0) is 14.3 Å². The number of nitro groups is 1. The number of Topliss-reactive ketones (excluding diaryl/α,β-unsaturated/α-hetero) is 1. The van der Waals surface area contributed by atoms with E-state index in [1.807, 2.05) is 0 Å². The number of carbonyl (C=O) groups is 3. The quantitative estimate of drug-likeness (QED) is 0.0406. The second-order valence-corrected chi connectivity index (χ2v) is 8.89. The summed E-state index contributed by atoms with van der Waals surface area (Å²) in [6.07, 6.45) is 0. The molecule has 0 N–H and O–H groups in total.